The topological polar surface area (TPSA) is 66.1 Å². The fourth-order valence-corrected chi connectivity index (χ4v) is 2.65. The maximum absolute atomic E-state index is 5.37. The highest BCUT2D eigenvalue weighted by Gasteiger charge is 2.19. The smallest absolute Gasteiger partial charge is 0.244 e. The Balaban J connectivity index is 1.73. The molecule has 2 aromatic rings. The van der Waals surface area contributed by atoms with Crippen LogP contribution in [0.4, 0.5) is 5.95 Å². The normalized spacial score (nSPS) is 18.8. The SMILES string of the molecule is COc1ccccc1Cc1nc(N2CCN[C@@H](C)C2)n[nH]1. The Morgan fingerprint density at radius 3 is 3.05 bits per heavy atom. The molecule has 1 aliphatic heterocycles. The molecule has 6 heteroatoms. The summed E-state index contributed by atoms with van der Waals surface area (Å²) in [5, 5.41) is 10.8. The van der Waals surface area contributed by atoms with E-state index in [1.54, 1.807) is 7.11 Å². The summed E-state index contributed by atoms with van der Waals surface area (Å²) in [4.78, 5) is 6.83. The van der Waals surface area contributed by atoms with Crippen molar-refractivity contribution in [1.29, 1.82) is 0 Å². The molecule has 1 atom stereocenters. The Morgan fingerprint density at radius 2 is 2.24 bits per heavy atom. The summed E-state index contributed by atoms with van der Waals surface area (Å²) in [6.07, 6.45) is 0.693. The van der Waals surface area contributed by atoms with E-state index in [9.17, 15) is 0 Å². The predicted molar refractivity (Wildman–Crippen MR) is 81.9 cm³/mol. The molecule has 0 unspecified atom stereocenters. The van der Waals surface area contributed by atoms with E-state index in [0.29, 0.717) is 12.5 Å². The van der Waals surface area contributed by atoms with E-state index in [-0.39, 0.29) is 0 Å². The largest absolute Gasteiger partial charge is 0.496 e. The molecule has 21 heavy (non-hydrogen) atoms. The summed E-state index contributed by atoms with van der Waals surface area (Å²) in [5.74, 6) is 2.53. The van der Waals surface area contributed by atoms with Crippen LogP contribution in [0.2, 0.25) is 0 Å². The van der Waals surface area contributed by atoms with Crippen LogP contribution in [-0.2, 0) is 6.42 Å². The minimum absolute atomic E-state index is 0.468. The monoisotopic (exact) mass is 287 g/mol. The van der Waals surface area contributed by atoms with Crippen molar-refractivity contribution in [3.05, 3.63) is 35.7 Å². The first-order chi connectivity index (χ1) is 10.3. The zero-order chi connectivity index (χ0) is 14.7. The van der Waals surface area contributed by atoms with Gasteiger partial charge in [-0.15, -0.1) is 5.10 Å². The van der Waals surface area contributed by atoms with E-state index < -0.39 is 0 Å². The van der Waals surface area contributed by atoms with Gasteiger partial charge in [-0.25, -0.2) is 0 Å². The molecule has 0 radical (unpaired) electrons. The minimum Gasteiger partial charge on any atom is -0.496 e. The number of rotatable bonds is 4. The Labute approximate surface area is 124 Å². The van der Waals surface area contributed by atoms with Gasteiger partial charge in [0.05, 0.1) is 7.11 Å². The van der Waals surface area contributed by atoms with Crippen molar-refractivity contribution in [1.82, 2.24) is 20.5 Å². The number of para-hydroxylation sites is 1. The molecule has 2 N–H and O–H groups in total. The number of nitrogens with one attached hydrogen (secondary N) is 2. The van der Waals surface area contributed by atoms with E-state index in [1.165, 1.54) is 0 Å². The van der Waals surface area contributed by atoms with Crippen LogP contribution in [0.3, 0.4) is 0 Å². The van der Waals surface area contributed by atoms with Gasteiger partial charge < -0.3 is 15.0 Å². The molecule has 1 aromatic heterocycles. The van der Waals surface area contributed by atoms with Crippen molar-refractivity contribution in [3.8, 4) is 5.75 Å². The fraction of sp³-hybridized carbons (Fsp3) is 0.467. The molecule has 112 valence electrons. The molecular formula is C15H21N5O. The molecular weight excluding hydrogens is 266 g/mol. The van der Waals surface area contributed by atoms with Crippen LogP contribution in [0.15, 0.2) is 24.3 Å². The Hall–Kier alpha value is -2.08. The van der Waals surface area contributed by atoms with Crippen LogP contribution in [0.1, 0.15) is 18.3 Å². The Bertz CT molecular complexity index is 597. The quantitative estimate of drug-likeness (QED) is 0.884. The van der Waals surface area contributed by atoms with Crippen LogP contribution in [-0.4, -0.2) is 48.0 Å². The first-order valence-electron chi connectivity index (χ1n) is 7.28. The molecule has 2 heterocycles. The Morgan fingerprint density at radius 1 is 1.38 bits per heavy atom. The van der Waals surface area contributed by atoms with Gasteiger partial charge in [0.1, 0.15) is 11.6 Å². The van der Waals surface area contributed by atoms with Gasteiger partial charge in [0, 0.05) is 37.7 Å². The molecule has 6 nitrogen and oxygen atoms in total. The van der Waals surface area contributed by atoms with Crippen molar-refractivity contribution >= 4 is 5.95 Å². The van der Waals surface area contributed by atoms with E-state index in [4.69, 9.17) is 4.74 Å². The highest BCUT2D eigenvalue weighted by molar-refractivity contribution is 5.36. The number of piperazine rings is 1. The predicted octanol–water partition coefficient (Wildman–Crippen LogP) is 1.20. The number of benzene rings is 1. The molecule has 0 amide bonds. The van der Waals surface area contributed by atoms with Crippen LogP contribution in [0.5, 0.6) is 5.75 Å². The van der Waals surface area contributed by atoms with Crippen molar-refractivity contribution in [2.24, 2.45) is 0 Å². The number of ether oxygens (including phenoxy) is 1. The van der Waals surface area contributed by atoms with Crippen LogP contribution in [0.25, 0.3) is 0 Å². The average Bonchev–Trinajstić information content (AvgIpc) is 2.96. The molecule has 1 aliphatic rings. The van der Waals surface area contributed by atoms with E-state index in [0.717, 1.165) is 42.7 Å². The lowest BCUT2D eigenvalue weighted by Crippen LogP contribution is -2.49. The van der Waals surface area contributed by atoms with E-state index in [2.05, 4.69) is 32.3 Å². The maximum Gasteiger partial charge on any atom is 0.244 e. The first kappa shape index (κ1) is 13.9. The van der Waals surface area contributed by atoms with Gasteiger partial charge in [-0.05, 0) is 13.0 Å². The molecule has 0 spiro atoms. The van der Waals surface area contributed by atoms with Crippen molar-refractivity contribution in [2.75, 3.05) is 31.6 Å². The van der Waals surface area contributed by atoms with Crippen molar-refractivity contribution in [2.45, 2.75) is 19.4 Å². The second-order valence-corrected chi connectivity index (χ2v) is 5.37. The standard InChI is InChI=1S/C15H21N5O/c1-11-10-20(8-7-16-11)15-17-14(18-19-15)9-12-5-3-4-6-13(12)21-2/h3-6,11,16H,7-10H2,1-2H3,(H,17,18,19)/t11-/m0/s1. The van der Waals surface area contributed by atoms with Gasteiger partial charge >= 0.3 is 0 Å². The molecule has 1 fully saturated rings. The summed E-state index contributed by atoms with van der Waals surface area (Å²) in [6.45, 7) is 5.02. The molecule has 1 aromatic carbocycles. The molecule has 0 bridgehead atoms. The third kappa shape index (κ3) is 3.16. The third-order valence-electron chi connectivity index (χ3n) is 3.72. The van der Waals surface area contributed by atoms with Crippen LogP contribution in [0, 0.1) is 0 Å². The number of anilines is 1. The van der Waals surface area contributed by atoms with Gasteiger partial charge in [0.15, 0.2) is 0 Å². The lowest BCUT2D eigenvalue weighted by molar-refractivity contribution is 0.410. The highest BCUT2D eigenvalue weighted by atomic mass is 16.5. The van der Waals surface area contributed by atoms with Crippen molar-refractivity contribution < 1.29 is 4.74 Å². The van der Waals surface area contributed by atoms with E-state index >= 15 is 0 Å². The van der Waals surface area contributed by atoms with Gasteiger partial charge in [0.25, 0.3) is 0 Å². The molecule has 1 saturated heterocycles. The van der Waals surface area contributed by atoms with E-state index in [1.807, 2.05) is 24.3 Å². The van der Waals surface area contributed by atoms with Crippen LogP contribution >= 0.6 is 0 Å². The average molecular weight is 287 g/mol. The van der Waals surface area contributed by atoms with Crippen LogP contribution < -0.4 is 15.0 Å². The maximum atomic E-state index is 5.37. The lowest BCUT2D eigenvalue weighted by atomic mass is 10.1. The number of nitrogens with zero attached hydrogens (tertiary/aromatic N) is 3. The highest BCUT2D eigenvalue weighted by Crippen LogP contribution is 2.20. The van der Waals surface area contributed by atoms with Gasteiger partial charge in [0.2, 0.25) is 5.95 Å². The number of hydrogen-bond acceptors (Lipinski definition) is 5. The number of hydrogen-bond donors (Lipinski definition) is 2. The second-order valence-electron chi connectivity index (χ2n) is 5.37. The molecule has 0 saturated carbocycles. The summed E-state index contributed by atoms with van der Waals surface area (Å²) in [6, 6.07) is 8.46. The van der Waals surface area contributed by atoms with Crippen molar-refractivity contribution in [3.63, 3.8) is 0 Å². The number of H-pyrrole nitrogens is 1. The summed E-state index contributed by atoms with van der Waals surface area (Å²) >= 11 is 0. The number of aromatic amines is 1. The van der Waals surface area contributed by atoms with Gasteiger partial charge in [-0.2, -0.15) is 4.98 Å². The second kappa shape index (κ2) is 6.13. The Kier molecular flexibility index (Phi) is 4.06. The summed E-state index contributed by atoms with van der Waals surface area (Å²) in [7, 11) is 1.69. The minimum atomic E-state index is 0.468. The first-order valence-corrected chi connectivity index (χ1v) is 7.28. The summed E-state index contributed by atoms with van der Waals surface area (Å²) in [5.41, 5.74) is 1.11. The summed E-state index contributed by atoms with van der Waals surface area (Å²) < 4.78 is 5.37. The zero-order valence-electron chi connectivity index (χ0n) is 12.5. The van der Waals surface area contributed by atoms with Gasteiger partial charge in [-0.1, -0.05) is 18.2 Å². The molecule has 0 aliphatic carbocycles. The number of aromatic nitrogens is 3. The van der Waals surface area contributed by atoms with Gasteiger partial charge in [-0.3, -0.25) is 5.10 Å². The molecule has 3 rings (SSSR count). The number of methoxy groups -OCH3 is 1. The zero-order valence-corrected chi connectivity index (χ0v) is 12.5. The lowest BCUT2D eigenvalue weighted by Gasteiger charge is -2.30. The fourth-order valence-electron chi connectivity index (χ4n) is 2.65. The third-order valence-corrected chi connectivity index (χ3v) is 3.72.